The molecular weight excluding hydrogens is 238 g/mol. The van der Waals surface area contributed by atoms with Crippen molar-refractivity contribution in [3.05, 3.63) is 28.9 Å². The monoisotopic (exact) mass is 251 g/mol. The van der Waals surface area contributed by atoms with E-state index in [1.807, 2.05) is 19.9 Å². The van der Waals surface area contributed by atoms with Gasteiger partial charge in [-0.25, -0.2) is 0 Å². The van der Waals surface area contributed by atoms with Crippen molar-refractivity contribution in [3.8, 4) is 5.75 Å². The fourth-order valence-corrected chi connectivity index (χ4v) is 1.95. The Bertz CT molecular complexity index is 560. The van der Waals surface area contributed by atoms with Crippen molar-refractivity contribution in [2.24, 2.45) is 0 Å². The minimum atomic E-state index is -0.212. The highest BCUT2D eigenvalue weighted by molar-refractivity contribution is 6.31. The number of esters is 1. The number of hydrogen-bond donors (Lipinski definition) is 1. The van der Waals surface area contributed by atoms with E-state index in [-0.39, 0.29) is 5.97 Å². The summed E-state index contributed by atoms with van der Waals surface area (Å²) in [6.07, 6.45) is 1.20. The predicted octanol–water partition coefficient (Wildman–Crippen LogP) is 3.84. The molecule has 17 heavy (non-hydrogen) atoms. The van der Waals surface area contributed by atoms with E-state index in [1.54, 1.807) is 12.1 Å². The highest BCUT2D eigenvalue weighted by atomic mass is 35.5. The van der Waals surface area contributed by atoms with Crippen molar-refractivity contribution in [1.82, 2.24) is 4.98 Å². The number of aryl methyl sites for hydroxylation is 1. The lowest BCUT2D eigenvalue weighted by molar-refractivity contribution is -0.134. The Hall–Kier alpha value is -1.48. The first-order valence-corrected chi connectivity index (χ1v) is 5.98. The first-order chi connectivity index (χ1) is 8.11. The molecule has 0 aliphatic carbocycles. The average Bonchev–Trinajstić information content (AvgIpc) is 2.56. The number of aromatic amines is 1. The van der Waals surface area contributed by atoms with Gasteiger partial charge >= 0.3 is 5.97 Å². The highest BCUT2D eigenvalue weighted by Gasteiger charge is 2.13. The van der Waals surface area contributed by atoms with Crippen LogP contribution in [0.5, 0.6) is 5.75 Å². The van der Waals surface area contributed by atoms with Crippen LogP contribution in [0, 0.1) is 6.92 Å². The maximum Gasteiger partial charge on any atom is 0.311 e. The SMILES string of the molecule is CCCC(=O)Oc1c(C)[nH]c2ccc(Cl)cc12. The molecule has 1 aromatic carbocycles. The quantitative estimate of drug-likeness (QED) is 0.843. The molecule has 0 bridgehead atoms. The van der Waals surface area contributed by atoms with Gasteiger partial charge in [0.1, 0.15) is 0 Å². The molecule has 0 saturated carbocycles. The molecule has 1 aromatic heterocycles. The molecule has 1 N–H and O–H groups in total. The van der Waals surface area contributed by atoms with Gasteiger partial charge in [-0.05, 0) is 31.5 Å². The van der Waals surface area contributed by atoms with Crippen LogP contribution in [0.3, 0.4) is 0 Å². The maximum atomic E-state index is 11.5. The van der Waals surface area contributed by atoms with E-state index in [9.17, 15) is 4.79 Å². The van der Waals surface area contributed by atoms with Crippen LogP contribution in [0.15, 0.2) is 18.2 Å². The van der Waals surface area contributed by atoms with Crippen molar-refractivity contribution >= 4 is 28.5 Å². The first-order valence-electron chi connectivity index (χ1n) is 5.60. The molecule has 0 atom stereocenters. The fourth-order valence-electron chi connectivity index (χ4n) is 1.77. The molecule has 4 heteroatoms. The zero-order valence-electron chi connectivity index (χ0n) is 9.84. The normalized spacial score (nSPS) is 10.8. The van der Waals surface area contributed by atoms with E-state index >= 15 is 0 Å². The number of nitrogens with one attached hydrogen (secondary N) is 1. The summed E-state index contributed by atoms with van der Waals surface area (Å²) >= 11 is 5.94. The molecule has 0 saturated heterocycles. The van der Waals surface area contributed by atoms with Crippen molar-refractivity contribution in [2.75, 3.05) is 0 Å². The topological polar surface area (TPSA) is 42.1 Å². The van der Waals surface area contributed by atoms with Gasteiger partial charge in [-0.1, -0.05) is 18.5 Å². The van der Waals surface area contributed by atoms with Crippen LogP contribution < -0.4 is 4.74 Å². The molecule has 0 unspecified atom stereocenters. The molecule has 90 valence electrons. The summed E-state index contributed by atoms with van der Waals surface area (Å²) in [5.74, 6) is 0.373. The lowest BCUT2D eigenvalue weighted by atomic mass is 10.2. The van der Waals surface area contributed by atoms with Gasteiger partial charge in [0.2, 0.25) is 0 Å². The third kappa shape index (κ3) is 2.44. The molecular formula is C13H14ClNO2. The first kappa shape index (κ1) is 12.0. The van der Waals surface area contributed by atoms with Gasteiger partial charge in [0.15, 0.2) is 5.75 Å². The molecule has 0 radical (unpaired) electrons. The van der Waals surface area contributed by atoms with E-state index in [4.69, 9.17) is 16.3 Å². The number of benzene rings is 1. The number of H-pyrrole nitrogens is 1. The summed E-state index contributed by atoms with van der Waals surface area (Å²) in [4.78, 5) is 14.7. The second kappa shape index (κ2) is 4.80. The number of carbonyl (C=O) groups is 1. The van der Waals surface area contributed by atoms with E-state index < -0.39 is 0 Å². The zero-order chi connectivity index (χ0) is 12.4. The van der Waals surface area contributed by atoms with Crippen molar-refractivity contribution in [1.29, 1.82) is 0 Å². The molecule has 1 heterocycles. The lowest BCUT2D eigenvalue weighted by Gasteiger charge is -2.03. The number of carbonyl (C=O) groups excluding carboxylic acids is 1. The summed E-state index contributed by atoms with van der Waals surface area (Å²) in [6, 6.07) is 5.48. The second-order valence-corrected chi connectivity index (χ2v) is 4.43. The molecule has 0 aliphatic rings. The number of fused-ring (bicyclic) bond motifs is 1. The number of hydrogen-bond acceptors (Lipinski definition) is 2. The number of ether oxygens (including phenoxy) is 1. The molecule has 2 rings (SSSR count). The Morgan fingerprint density at radius 1 is 1.47 bits per heavy atom. The van der Waals surface area contributed by atoms with E-state index in [0.717, 1.165) is 23.0 Å². The smallest absolute Gasteiger partial charge is 0.311 e. The van der Waals surface area contributed by atoms with Gasteiger partial charge < -0.3 is 9.72 Å². The van der Waals surface area contributed by atoms with Crippen LogP contribution in [0.25, 0.3) is 10.9 Å². The second-order valence-electron chi connectivity index (χ2n) is 3.99. The van der Waals surface area contributed by atoms with Crippen molar-refractivity contribution < 1.29 is 9.53 Å². The summed E-state index contributed by atoms with van der Waals surface area (Å²) in [6.45, 7) is 3.82. The minimum absolute atomic E-state index is 0.212. The van der Waals surface area contributed by atoms with Gasteiger partial charge in [0.05, 0.1) is 5.69 Å². The Morgan fingerprint density at radius 3 is 2.94 bits per heavy atom. The predicted molar refractivity (Wildman–Crippen MR) is 68.6 cm³/mol. The number of rotatable bonds is 3. The molecule has 0 fully saturated rings. The average molecular weight is 252 g/mol. The van der Waals surface area contributed by atoms with E-state index in [1.165, 1.54) is 0 Å². The third-order valence-corrected chi connectivity index (χ3v) is 2.79. The number of aromatic nitrogens is 1. The van der Waals surface area contributed by atoms with Gasteiger partial charge in [0, 0.05) is 22.3 Å². The van der Waals surface area contributed by atoms with Crippen LogP contribution in [-0.4, -0.2) is 11.0 Å². The third-order valence-electron chi connectivity index (χ3n) is 2.56. The molecule has 3 nitrogen and oxygen atoms in total. The van der Waals surface area contributed by atoms with Gasteiger partial charge in [0.25, 0.3) is 0 Å². The maximum absolute atomic E-state index is 11.5. The Balaban J connectivity index is 2.41. The number of halogens is 1. The van der Waals surface area contributed by atoms with Gasteiger partial charge in [-0.15, -0.1) is 0 Å². The molecule has 0 amide bonds. The van der Waals surface area contributed by atoms with Crippen LogP contribution in [0.4, 0.5) is 0 Å². The Morgan fingerprint density at radius 2 is 2.24 bits per heavy atom. The van der Waals surface area contributed by atoms with Gasteiger partial charge in [-0.3, -0.25) is 4.79 Å². The Labute approximate surface area is 105 Å². The minimum Gasteiger partial charge on any atom is -0.424 e. The van der Waals surface area contributed by atoms with Crippen LogP contribution in [-0.2, 0) is 4.79 Å². The lowest BCUT2D eigenvalue weighted by Crippen LogP contribution is -2.07. The van der Waals surface area contributed by atoms with E-state index in [2.05, 4.69) is 4.98 Å². The largest absolute Gasteiger partial charge is 0.424 e. The summed E-state index contributed by atoms with van der Waals surface area (Å²) in [7, 11) is 0. The molecule has 0 spiro atoms. The van der Waals surface area contributed by atoms with Crippen LogP contribution in [0.2, 0.25) is 5.02 Å². The molecule has 0 aliphatic heterocycles. The Kier molecular flexibility index (Phi) is 3.38. The van der Waals surface area contributed by atoms with Crippen molar-refractivity contribution in [3.63, 3.8) is 0 Å². The fraction of sp³-hybridized carbons (Fsp3) is 0.308. The highest BCUT2D eigenvalue weighted by Crippen LogP contribution is 2.31. The summed E-state index contributed by atoms with van der Waals surface area (Å²) < 4.78 is 5.37. The zero-order valence-corrected chi connectivity index (χ0v) is 10.6. The van der Waals surface area contributed by atoms with Crippen LogP contribution >= 0.6 is 11.6 Å². The summed E-state index contributed by atoms with van der Waals surface area (Å²) in [5.41, 5.74) is 1.76. The summed E-state index contributed by atoms with van der Waals surface area (Å²) in [5, 5.41) is 1.48. The van der Waals surface area contributed by atoms with Crippen molar-refractivity contribution in [2.45, 2.75) is 26.7 Å². The van der Waals surface area contributed by atoms with Crippen LogP contribution in [0.1, 0.15) is 25.5 Å². The van der Waals surface area contributed by atoms with Gasteiger partial charge in [-0.2, -0.15) is 0 Å². The standard InChI is InChI=1S/C13H14ClNO2/c1-3-4-12(16)17-13-8(2)15-11-6-5-9(14)7-10(11)13/h5-7,15H,3-4H2,1-2H3. The van der Waals surface area contributed by atoms with E-state index in [0.29, 0.717) is 17.2 Å². The molecule has 2 aromatic rings.